The molecule has 0 aliphatic rings. The van der Waals surface area contributed by atoms with Gasteiger partial charge in [-0.15, -0.1) is 0 Å². The van der Waals surface area contributed by atoms with E-state index in [0.717, 1.165) is 6.07 Å². The zero-order chi connectivity index (χ0) is 13.3. The number of aryl methyl sites for hydroxylation is 1. The second kappa shape index (κ2) is 4.30. The van der Waals surface area contributed by atoms with Gasteiger partial charge in [0.1, 0.15) is 10.7 Å². The summed E-state index contributed by atoms with van der Waals surface area (Å²) in [5.74, 6) is -0.660. The number of nitrogens with one attached hydrogen (secondary N) is 2. The van der Waals surface area contributed by atoms with Crippen LogP contribution in [0.1, 0.15) is 5.69 Å². The summed E-state index contributed by atoms with van der Waals surface area (Å²) < 4.78 is 39.4. The van der Waals surface area contributed by atoms with Crippen LogP contribution in [0.5, 0.6) is 0 Å². The number of anilines is 2. The maximum absolute atomic E-state index is 13.2. The van der Waals surface area contributed by atoms with Crippen LogP contribution < -0.4 is 10.5 Å². The number of aromatic nitrogens is 2. The first-order valence-corrected chi connectivity index (χ1v) is 6.47. The third kappa shape index (κ3) is 2.28. The van der Waals surface area contributed by atoms with Gasteiger partial charge in [-0.25, -0.2) is 12.8 Å². The number of nitrogens with zero attached hydrogens (tertiary/aromatic N) is 1. The van der Waals surface area contributed by atoms with Crippen LogP contribution >= 0.6 is 0 Å². The Hall–Kier alpha value is -2.09. The lowest BCUT2D eigenvalue weighted by atomic mass is 10.3. The van der Waals surface area contributed by atoms with Crippen molar-refractivity contribution in [3.05, 3.63) is 35.8 Å². The highest BCUT2D eigenvalue weighted by Gasteiger charge is 2.20. The molecule has 6 nitrogen and oxygen atoms in total. The average Bonchev–Trinajstić information content (AvgIpc) is 2.67. The summed E-state index contributed by atoms with van der Waals surface area (Å²) in [4.78, 5) is -0.317. The Bertz CT molecular complexity index is 681. The fourth-order valence-electron chi connectivity index (χ4n) is 1.41. The molecule has 0 saturated carbocycles. The van der Waals surface area contributed by atoms with Gasteiger partial charge in [-0.05, 0) is 19.1 Å². The average molecular weight is 270 g/mol. The quantitative estimate of drug-likeness (QED) is 0.730. The molecule has 0 saturated heterocycles. The molecular weight excluding hydrogens is 259 g/mol. The van der Waals surface area contributed by atoms with Crippen LogP contribution in [0.25, 0.3) is 0 Å². The molecule has 0 radical (unpaired) electrons. The normalized spacial score (nSPS) is 11.4. The molecule has 0 bridgehead atoms. The van der Waals surface area contributed by atoms with Gasteiger partial charge in [-0.3, -0.25) is 9.82 Å². The van der Waals surface area contributed by atoms with Gasteiger partial charge in [0.25, 0.3) is 10.0 Å². The molecule has 1 aromatic heterocycles. The van der Waals surface area contributed by atoms with Gasteiger partial charge < -0.3 is 5.73 Å². The predicted molar refractivity (Wildman–Crippen MR) is 64.9 cm³/mol. The smallest absolute Gasteiger partial charge is 0.265 e. The van der Waals surface area contributed by atoms with Crippen molar-refractivity contribution in [3.8, 4) is 0 Å². The number of nitrogens with two attached hydrogens (primary N) is 1. The monoisotopic (exact) mass is 270 g/mol. The second-order valence-electron chi connectivity index (χ2n) is 3.69. The lowest BCUT2D eigenvalue weighted by molar-refractivity contribution is 0.597. The van der Waals surface area contributed by atoms with Crippen molar-refractivity contribution >= 4 is 21.5 Å². The molecule has 2 rings (SSSR count). The van der Waals surface area contributed by atoms with Crippen molar-refractivity contribution in [3.63, 3.8) is 0 Å². The van der Waals surface area contributed by atoms with Crippen molar-refractivity contribution < 1.29 is 12.8 Å². The van der Waals surface area contributed by atoms with E-state index in [2.05, 4.69) is 14.9 Å². The van der Waals surface area contributed by atoms with Crippen LogP contribution in [-0.4, -0.2) is 18.6 Å². The standard InChI is InChI=1S/C10H11FN4O2S/c1-6-5-9(14-13-6)15-18(16,17)8-4-2-3-7(11)10(8)12/h2-5H,12H2,1H3,(H2,13,14,15). The predicted octanol–water partition coefficient (Wildman–Crippen LogP) is 1.24. The van der Waals surface area contributed by atoms with Crippen LogP contribution in [0.3, 0.4) is 0 Å². The van der Waals surface area contributed by atoms with Gasteiger partial charge in [-0.1, -0.05) is 6.07 Å². The minimum Gasteiger partial charge on any atom is -0.395 e. The number of hydrogen-bond donors (Lipinski definition) is 3. The number of rotatable bonds is 3. The molecule has 18 heavy (non-hydrogen) atoms. The number of sulfonamides is 1. The van der Waals surface area contributed by atoms with E-state index in [1.54, 1.807) is 6.92 Å². The van der Waals surface area contributed by atoms with Gasteiger partial charge in [0, 0.05) is 11.8 Å². The molecule has 0 aliphatic heterocycles. The highest BCUT2D eigenvalue weighted by molar-refractivity contribution is 7.92. The topological polar surface area (TPSA) is 101 Å². The van der Waals surface area contributed by atoms with Gasteiger partial charge in [0.05, 0.1) is 5.69 Å². The van der Waals surface area contributed by atoms with Crippen molar-refractivity contribution in [2.45, 2.75) is 11.8 Å². The fraction of sp³-hybridized carbons (Fsp3) is 0.100. The molecule has 1 aromatic carbocycles. The van der Waals surface area contributed by atoms with Crippen LogP contribution in [0.4, 0.5) is 15.9 Å². The van der Waals surface area contributed by atoms with E-state index in [1.807, 2.05) is 0 Å². The summed E-state index contributed by atoms with van der Waals surface area (Å²) in [6.45, 7) is 1.72. The van der Waals surface area contributed by atoms with Crippen molar-refractivity contribution in [2.24, 2.45) is 0 Å². The van der Waals surface area contributed by atoms with Gasteiger partial charge in [-0.2, -0.15) is 5.10 Å². The van der Waals surface area contributed by atoms with E-state index in [4.69, 9.17) is 5.73 Å². The number of benzene rings is 1. The Kier molecular flexibility index (Phi) is 2.95. The van der Waals surface area contributed by atoms with E-state index in [0.29, 0.717) is 5.69 Å². The molecule has 1 heterocycles. The third-order valence-corrected chi connectivity index (χ3v) is 3.66. The summed E-state index contributed by atoms with van der Waals surface area (Å²) >= 11 is 0. The number of nitrogen functional groups attached to an aromatic ring is 1. The highest BCUT2D eigenvalue weighted by Crippen LogP contribution is 2.23. The number of para-hydroxylation sites is 1. The van der Waals surface area contributed by atoms with Gasteiger partial charge >= 0.3 is 0 Å². The maximum atomic E-state index is 13.2. The van der Waals surface area contributed by atoms with E-state index in [-0.39, 0.29) is 10.7 Å². The molecule has 0 unspecified atom stereocenters. The molecule has 4 N–H and O–H groups in total. The fourth-order valence-corrected chi connectivity index (χ4v) is 2.55. The van der Waals surface area contributed by atoms with E-state index in [9.17, 15) is 12.8 Å². The summed E-state index contributed by atoms with van der Waals surface area (Å²) in [7, 11) is -3.95. The Balaban J connectivity index is 2.40. The molecule has 96 valence electrons. The van der Waals surface area contributed by atoms with Crippen LogP contribution in [0, 0.1) is 12.7 Å². The molecule has 0 spiro atoms. The third-order valence-electron chi connectivity index (χ3n) is 2.25. The number of aromatic amines is 1. The highest BCUT2D eigenvalue weighted by atomic mass is 32.2. The Morgan fingerprint density at radius 3 is 2.78 bits per heavy atom. The minimum absolute atomic E-state index is 0.121. The van der Waals surface area contributed by atoms with Crippen molar-refractivity contribution in [1.29, 1.82) is 0 Å². The maximum Gasteiger partial charge on any atom is 0.265 e. The van der Waals surface area contributed by atoms with Gasteiger partial charge in [0.2, 0.25) is 0 Å². The number of H-pyrrole nitrogens is 1. The molecule has 0 atom stereocenters. The van der Waals surface area contributed by atoms with Gasteiger partial charge in [0.15, 0.2) is 5.82 Å². The molecule has 0 aliphatic carbocycles. The van der Waals surface area contributed by atoms with Crippen LogP contribution in [0.2, 0.25) is 0 Å². The van der Waals surface area contributed by atoms with Crippen molar-refractivity contribution in [1.82, 2.24) is 10.2 Å². The molecule has 2 aromatic rings. The SMILES string of the molecule is Cc1cc(NS(=O)(=O)c2cccc(F)c2N)n[nH]1. The Labute approximate surface area is 103 Å². The van der Waals surface area contributed by atoms with Crippen LogP contribution in [-0.2, 0) is 10.0 Å². The largest absolute Gasteiger partial charge is 0.395 e. The zero-order valence-corrected chi connectivity index (χ0v) is 10.3. The molecular formula is C10H11FN4O2S. The van der Waals surface area contributed by atoms with Crippen LogP contribution in [0.15, 0.2) is 29.2 Å². The zero-order valence-electron chi connectivity index (χ0n) is 9.44. The lowest BCUT2D eigenvalue weighted by Crippen LogP contribution is -2.15. The Morgan fingerprint density at radius 1 is 1.44 bits per heavy atom. The first-order valence-electron chi connectivity index (χ1n) is 4.99. The first-order chi connectivity index (χ1) is 8.40. The van der Waals surface area contributed by atoms with E-state index < -0.39 is 21.5 Å². The second-order valence-corrected chi connectivity index (χ2v) is 5.34. The Morgan fingerprint density at radius 2 is 2.17 bits per heavy atom. The number of hydrogen-bond acceptors (Lipinski definition) is 4. The summed E-state index contributed by atoms with van der Waals surface area (Å²) in [6.07, 6.45) is 0. The minimum atomic E-state index is -3.95. The summed E-state index contributed by atoms with van der Waals surface area (Å²) in [5, 5.41) is 6.32. The summed E-state index contributed by atoms with van der Waals surface area (Å²) in [6, 6.07) is 5.09. The molecule has 8 heteroatoms. The molecule has 0 amide bonds. The molecule has 0 fully saturated rings. The lowest BCUT2D eigenvalue weighted by Gasteiger charge is -2.08. The summed E-state index contributed by atoms with van der Waals surface area (Å²) in [5.41, 5.74) is 5.68. The first kappa shape index (κ1) is 12.4. The number of halogens is 1. The van der Waals surface area contributed by atoms with E-state index >= 15 is 0 Å². The van der Waals surface area contributed by atoms with E-state index in [1.165, 1.54) is 18.2 Å². The van der Waals surface area contributed by atoms with Crippen molar-refractivity contribution in [2.75, 3.05) is 10.5 Å².